The van der Waals surface area contributed by atoms with Gasteiger partial charge in [-0.2, -0.15) is 0 Å². The van der Waals surface area contributed by atoms with Crippen LogP contribution in [-0.4, -0.2) is 48.0 Å². The van der Waals surface area contributed by atoms with E-state index in [0.29, 0.717) is 19.6 Å². The van der Waals surface area contributed by atoms with Crippen LogP contribution in [0.1, 0.15) is 38.2 Å². The first-order valence-corrected chi connectivity index (χ1v) is 9.52. The molecule has 2 aliphatic rings. The number of hydrogen-bond acceptors (Lipinski definition) is 4. The van der Waals surface area contributed by atoms with Gasteiger partial charge in [-0.15, -0.1) is 0 Å². The van der Waals surface area contributed by atoms with Crippen molar-refractivity contribution in [3.63, 3.8) is 0 Å². The van der Waals surface area contributed by atoms with Crippen molar-refractivity contribution in [2.45, 2.75) is 45.1 Å². The normalized spacial score (nSPS) is 24.8. The lowest BCUT2D eigenvalue weighted by molar-refractivity contribution is -0.137. The number of aryl methyl sites for hydroxylation is 1. The maximum absolute atomic E-state index is 12.8. The molecule has 1 heterocycles. The van der Waals surface area contributed by atoms with Gasteiger partial charge in [-0.3, -0.25) is 14.5 Å². The third-order valence-electron chi connectivity index (χ3n) is 5.52. The molecule has 7 nitrogen and oxygen atoms in total. The van der Waals surface area contributed by atoms with Crippen molar-refractivity contribution < 1.29 is 19.1 Å². The van der Waals surface area contributed by atoms with E-state index in [2.05, 4.69) is 10.6 Å². The molecule has 7 heteroatoms. The first-order chi connectivity index (χ1) is 12.9. The number of benzene rings is 1. The number of carbonyl (C=O) groups excluding carboxylic acids is 3. The van der Waals surface area contributed by atoms with Crippen LogP contribution in [-0.2, 0) is 9.59 Å². The summed E-state index contributed by atoms with van der Waals surface area (Å²) in [5.74, 6) is 0.174. The molecule has 0 aromatic heterocycles. The van der Waals surface area contributed by atoms with Gasteiger partial charge in [0.25, 0.3) is 5.91 Å². The molecule has 1 aliphatic heterocycles. The Morgan fingerprint density at radius 3 is 2.74 bits per heavy atom. The number of urea groups is 1. The molecule has 27 heavy (non-hydrogen) atoms. The summed E-state index contributed by atoms with van der Waals surface area (Å²) in [6, 6.07) is 7.17. The van der Waals surface area contributed by atoms with Crippen LogP contribution in [0.4, 0.5) is 4.79 Å². The van der Waals surface area contributed by atoms with Gasteiger partial charge < -0.3 is 15.4 Å². The van der Waals surface area contributed by atoms with Crippen molar-refractivity contribution in [1.29, 1.82) is 0 Å². The number of amides is 4. The molecule has 1 spiro atoms. The van der Waals surface area contributed by atoms with E-state index in [1.165, 1.54) is 0 Å². The van der Waals surface area contributed by atoms with Crippen molar-refractivity contribution >= 4 is 17.8 Å². The average molecular weight is 373 g/mol. The van der Waals surface area contributed by atoms with Gasteiger partial charge in [-0.25, -0.2) is 4.79 Å². The van der Waals surface area contributed by atoms with E-state index >= 15 is 0 Å². The first kappa shape index (κ1) is 19.2. The smallest absolute Gasteiger partial charge is 0.325 e. The number of ether oxygens (including phenoxy) is 1. The van der Waals surface area contributed by atoms with E-state index in [9.17, 15) is 14.4 Å². The Morgan fingerprint density at radius 1 is 1.30 bits per heavy atom. The summed E-state index contributed by atoms with van der Waals surface area (Å²) < 4.78 is 5.55. The third-order valence-corrected chi connectivity index (χ3v) is 5.52. The van der Waals surface area contributed by atoms with Gasteiger partial charge in [0.2, 0.25) is 5.91 Å². The van der Waals surface area contributed by atoms with E-state index < -0.39 is 11.6 Å². The third kappa shape index (κ3) is 4.07. The second kappa shape index (κ2) is 7.98. The van der Waals surface area contributed by atoms with E-state index in [1.54, 1.807) is 0 Å². The molecule has 2 unspecified atom stereocenters. The van der Waals surface area contributed by atoms with Gasteiger partial charge >= 0.3 is 6.03 Å². The quantitative estimate of drug-likeness (QED) is 0.590. The Labute approximate surface area is 159 Å². The highest BCUT2D eigenvalue weighted by Crippen LogP contribution is 2.38. The molecule has 0 bridgehead atoms. The van der Waals surface area contributed by atoms with Crippen LogP contribution < -0.4 is 15.4 Å². The highest BCUT2D eigenvalue weighted by Gasteiger charge is 2.55. The van der Waals surface area contributed by atoms with Crippen LogP contribution in [0, 0.1) is 12.8 Å². The molecule has 146 valence electrons. The van der Waals surface area contributed by atoms with Crippen molar-refractivity contribution in [2.24, 2.45) is 5.92 Å². The standard InChI is InChI=1S/C20H27N3O4/c1-14-6-8-16(9-7-14)27-12-11-21-17(24)13-23-18(25)20(22-19(23)26)10-4-3-5-15(20)2/h6-9,15H,3-5,10-13H2,1-2H3,(H,21,24)(H,22,26). The molecular weight excluding hydrogens is 346 g/mol. The predicted octanol–water partition coefficient (Wildman–Crippen LogP) is 1.99. The van der Waals surface area contributed by atoms with Crippen LogP contribution in [0.3, 0.4) is 0 Å². The average Bonchev–Trinajstić information content (AvgIpc) is 2.88. The largest absolute Gasteiger partial charge is 0.492 e. The lowest BCUT2D eigenvalue weighted by Gasteiger charge is -2.36. The number of imide groups is 1. The molecule has 1 aromatic carbocycles. The van der Waals surface area contributed by atoms with Crippen molar-refractivity contribution in [3.05, 3.63) is 29.8 Å². The number of nitrogens with zero attached hydrogens (tertiary/aromatic N) is 1. The topological polar surface area (TPSA) is 87.7 Å². The van der Waals surface area contributed by atoms with Gasteiger partial charge in [0.1, 0.15) is 24.4 Å². The van der Waals surface area contributed by atoms with E-state index in [4.69, 9.17) is 4.74 Å². The maximum atomic E-state index is 12.8. The van der Waals surface area contributed by atoms with Crippen LogP contribution in [0.25, 0.3) is 0 Å². The molecular formula is C20H27N3O4. The number of nitrogens with one attached hydrogen (secondary N) is 2. The molecule has 2 fully saturated rings. The Hall–Kier alpha value is -2.57. The maximum Gasteiger partial charge on any atom is 0.325 e. The second-order valence-corrected chi connectivity index (χ2v) is 7.45. The zero-order valence-electron chi connectivity index (χ0n) is 15.9. The number of hydrogen-bond donors (Lipinski definition) is 2. The summed E-state index contributed by atoms with van der Waals surface area (Å²) in [4.78, 5) is 38.3. The highest BCUT2D eigenvalue weighted by molar-refractivity contribution is 6.09. The number of carbonyl (C=O) groups is 3. The SMILES string of the molecule is Cc1ccc(OCCNC(=O)CN2C(=O)NC3(CCCCC3C)C2=O)cc1. The molecule has 1 aromatic rings. The molecule has 1 saturated carbocycles. The van der Waals surface area contributed by atoms with E-state index in [1.807, 2.05) is 38.1 Å². The minimum atomic E-state index is -0.829. The molecule has 4 amide bonds. The molecule has 2 atom stereocenters. The summed E-state index contributed by atoms with van der Waals surface area (Å²) in [6.07, 6.45) is 3.52. The van der Waals surface area contributed by atoms with E-state index in [-0.39, 0.29) is 24.3 Å². The zero-order valence-corrected chi connectivity index (χ0v) is 15.9. The van der Waals surface area contributed by atoms with Gasteiger partial charge in [0.05, 0.1) is 6.54 Å². The van der Waals surface area contributed by atoms with Gasteiger partial charge in [0, 0.05) is 0 Å². The summed E-state index contributed by atoms with van der Waals surface area (Å²) in [6.45, 7) is 4.35. The van der Waals surface area contributed by atoms with Gasteiger partial charge in [-0.1, -0.05) is 37.5 Å². The summed E-state index contributed by atoms with van der Waals surface area (Å²) >= 11 is 0. The van der Waals surface area contributed by atoms with Crippen LogP contribution in [0.2, 0.25) is 0 Å². The van der Waals surface area contributed by atoms with Gasteiger partial charge in [-0.05, 0) is 37.8 Å². The summed E-state index contributed by atoms with van der Waals surface area (Å²) in [5.41, 5.74) is 0.318. The minimum Gasteiger partial charge on any atom is -0.492 e. The van der Waals surface area contributed by atoms with Crippen LogP contribution in [0.5, 0.6) is 5.75 Å². The Balaban J connectivity index is 1.47. The zero-order chi connectivity index (χ0) is 19.4. The molecule has 0 radical (unpaired) electrons. The fourth-order valence-corrected chi connectivity index (χ4v) is 3.83. The molecule has 2 N–H and O–H groups in total. The van der Waals surface area contributed by atoms with Crippen molar-refractivity contribution in [2.75, 3.05) is 19.7 Å². The lowest BCUT2D eigenvalue weighted by atomic mass is 9.73. The van der Waals surface area contributed by atoms with Crippen LogP contribution >= 0.6 is 0 Å². The fourth-order valence-electron chi connectivity index (χ4n) is 3.83. The first-order valence-electron chi connectivity index (χ1n) is 9.52. The summed E-state index contributed by atoms with van der Waals surface area (Å²) in [7, 11) is 0. The molecule has 1 saturated heterocycles. The Morgan fingerprint density at radius 2 is 2.04 bits per heavy atom. The Bertz CT molecular complexity index is 718. The van der Waals surface area contributed by atoms with Crippen molar-refractivity contribution in [3.8, 4) is 5.75 Å². The monoisotopic (exact) mass is 373 g/mol. The molecule has 3 rings (SSSR count). The Kier molecular flexibility index (Phi) is 5.68. The minimum absolute atomic E-state index is 0.0821. The van der Waals surface area contributed by atoms with Gasteiger partial charge in [0.15, 0.2) is 0 Å². The highest BCUT2D eigenvalue weighted by atomic mass is 16.5. The van der Waals surface area contributed by atoms with Crippen LogP contribution in [0.15, 0.2) is 24.3 Å². The molecule has 1 aliphatic carbocycles. The lowest BCUT2D eigenvalue weighted by Crippen LogP contribution is -2.54. The summed E-state index contributed by atoms with van der Waals surface area (Å²) in [5, 5.41) is 5.55. The predicted molar refractivity (Wildman–Crippen MR) is 100 cm³/mol. The van der Waals surface area contributed by atoms with E-state index in [0.717, 1.165) is 35.5 Å². The van der Waals surface area contributed by atoms with Crippen molar-refractivity contribution in [1.82, 2.24) is 15.5 Å². The second-order valence-electron chi connectivity index (χ2n) is 7.45. The number of rotatable bonds is 6. The fraction of sp³-hybridized carbons (Fsp3) is 0.550.